The highest BCUT2D eigenvalue weighted by Crippen LogP contribution is 2.25. The Balaban J connectivity index is 1.64. The van der Waals surface area contributed by atoms with Crippen LogP contribution in [0.2, 0.25) is 0 Å². The molecule has 106 valence electrons. The average Bonchev–Trinajstić information content (AvgIpc) is 3.09. The van der Waals surface area contributed by atoms with Crippen molar-refractivity contribution in [2.45, 2.75) is 19.4 Å². The van der Waals surface area contributed by atoms with Crippen LogP contribution in [0, 0.1) is 5.92 Å². The number of hydrogen-bond acceptors (Lipinski definition) is 4. The number of carbonyl (C=O) groups is 1. The van der Waals surface area contributed by atoms with Crippen LogP contribution in [0.1, 0.15) is 18.5 Å². The Hall–Kier alpha value is -1.24. The molecule has 3 rings (SSSR count). The van der Waals surface area contributed by atoms with Crippen molar-refractivity contribution in [3.63, 3.8) is 0 Å². The maximum atomic E-state index is 11.3. The van der Waals surface area contributed by atoms with Crippen molar-refractivity contribution < 1.29 is 9.69 Å². The largest absolute Gasteiger partial charge is 0.369 e. The molecule has 1 aliphatic rings. The normalized spacial score (nSPS) is 22.8. The minimum atomic E-state index is -0.153. The van der Waals surface area contributed by atoms with Crippen molar-refractivity contribution in [3.05, 3.63) is 27.9 Å². The van der Waals surface area contributed by atoms with E-state index in [0.29, 0.717) is 0 Å². The van der Waals surface area contributed by atoms with Gasteiger partial charge in [0.25, 0.3) is 0 Å². The molecular formula is C14H18N3OS2+. The van der Waals surface area contributed by atoms with Gasteiger partial charge in [-0.3, -0.25) is 4.79 Å². The predicted octanol–water partition coefficient (Wildman–Crippen LogP) is 1.15. The molecule has 1 amide bonds. The number of nitrogens with zero attached hydrogens (tertiary/aromatic N) is 1. The summed E-state index contributed by atoms with van der Waals surface area (Å²) in [5.74, 6) is -0.117. The number of quaternary nitrogens is 1. The van der Waals surface area contributed by atoms with Gasteiger partial charge in [0.1, 0.15) is 17.2 Å². The smallest absolute Gasteiger partial charge is 0.226 e. The van der Waals surface area contributed by atoms with Gasteiger partial charge in [-0.25, -0.2) is 4.98 Å². The summed E-state index contributed by atoms with van der Waals surface area (Å²) in [5, 5.41) is 7.42. The SMILES string of the molecule is NC(=O)[C@@H]1CCC[NH+](Cc2csc(-c3ccsc3)n2)C1. The van der Waals surface area contributed by atoms with E-state index in [4.69, 9.17) is 10.7 Å². The van der Waals surface area contributed by atoms with E-state index < -0.39 is 0 Å². The third-order valence-corrected chi connectivity index (χ3v) is 5.39. The van der Waals surface area contributed by atoms with E-state index in [1.165, 1.54) is 10.5 Å². The van der Waals surface area contributed by atoms with Gasteiger partial charge in [0.15, 0.2) is 0 Å². The zero-order valence-corrected chi connectivity index (χ0v) is 12.8. The molecular weight excluding hydrogens is 290 g/mol. The van der Waals surface area contributed by atoms with Crippen LogP contribution in [-0.2, 0) is 11.3 Å². The van der Waals surface area contributed by atoms with E-state index in [2.05, 4.69) is 22.2 Å². The molecule has 0 radical (unpaired) electrons. The first-order chi connectivity index (χ1) is 9.72. The summed E-state index contributed by atoms with van der Waals surface area (Å²) in [6.07, 6.45) is 2.01. The molecule has 0 spiro atoms. The maximum Gasteiger partial charge on any atom is 0.226 e. The summed E-state index contributed by atoms with van der Waals surface area (Å²) in [4.78, 5) is 17.4. The Bertz CT molecular complexity index is 579. The monoisotopic (exact) mass is 308 g/mol. The zero-order valence-electron chi connectivity index (χ0n) is 11.2. The fourth-order valence-corrected chi connectivity index (χ4v) is 4.25. The lowest BCUT2D eigenvalue weighted by molar-refractivity contribution is -0.921. The number of piperidine rings is 1. The number of amides is 1. The molecule has 0 aliphatic carbocycles. The highest BCUT2D eigenvalue weighted by atomic mass is 32.1. The number of hydrogen-bond donors (Lipinski definition) is 2. The van der Waals surface area contributed by atoms with Crippen LogP contribution >= 0.6 is 22.7 Å². The van der Waals surface area contributed by atoms with E-state index in [9.17, 15) is 4.79 Å². The lowest BCUT2D eigenvalue weighted by Crippen LogP contribution is -3.12. The fourth-order valence-electron chi connectivity index (χ4n) is 2.72. The Morgan fingerprint density at radius 1 is 1.50 bits per heavy atom. The summed E-state index contributed by atoms with van der Waals surface area (Å²) in [6.45, 7) is 2.85. The molecule has 4 nitrogen and oxygen atoms in total. The van der Waals surface area contributed by atoms with Crippen LogP contribution in [0.25, 0.3) is 10.6 Å². The molecule has 2 aromatic rings. The number of thiazole rings is 1. The van der Waals surface area contributed by atoms with Crippen LogP contribution in [-0.4, -0.2) is 24.0 Å². The number of aromatic nitrogens is 1. The molecule has 1 aliphatic heterocycles. The van der Waals surface area contributed by atoms with Crippen molar-refractivity contribution in [3.8, 4) is 10.6 Å². The third-order valence-electron chi connectivity index (χ3n) is 3.77. The summed E-state index contributed by atoms with van der Waals surface area (Å²) in [7, 11) is 0. The van der Waals surface area contributed by atoms with E-state index in [0.717, 1.165) is 43.2 Å². The number of nitrogens with one attached hydrogen (secondary N) is 1. The van der Waals surface area contributed by atoms with E-state index in [-0.39, 0.29) is 11.8 Å². The summed E-state index contributed by atoms with van der Waals surface area (Å²) < 4.78 is 0. The van der Waals surface area contributed by atoms with Crippen molar-refractivity contribution >= 4 is 28.6 Å². The van der Waals surface area contributed by atoms with Gasteiger partial charge in [-0.1, -0.05) is 0 Å². The summed E-state index contributed by atoms with van der Waals surface area (Å²) in [6, 6.07) is 2.10. The highest BCUT2D eigenvalue weighted by molar-refractivity contribution is 7.14. The Morgan fingerprint density at radius 3 is 3.15 bits per heavy atom. The van der Waals surface area contributed by atoms with Gasteiger partial charge in [0.05, 0.1) is 19.0 Å². The molecule has 20 heavy (non-hydrogen) atoms. The lowest BCUT2D eigenvalue weighted by Gasteiger charge is -2.27. The van der Waals surface area contributed by atoms with Crippen LogP contribution < -0.4 is 10.6 Å². The number of likely N-dealkylation sites (tertiary alicyclic amines) is 1. The van der Waals surface area contributed by atoms with Crippen LogP contribution in [0.4, 0.5) is 0 Å². The zero-order chi connectivity index (χ0) is 13.9. The van der Waals surface area contributed by atoms with E-state index >= 15 is 0 Å². The standard InChI is InChI=1S/C14H17N3OS2/c15-13(18)10-2-1-4-17(6-10)7-12-9-20-14(16-12)11-3-5-19-8-11/h3,5,8-10H,1-2,4,6-7H2,(H2,15,18)/p+1/t10-/m1/s1. The van der Waals surface area contributed by atoms with Gasteiger partial charge >= 0.3 is 0 Å². The van der Waals surface area contributed by atoms with Gasteiger partial charge in [0.2, 0.25) is 5.91 Å². The summed E-state index contributed by atoms with van der Waals surface area (Å²) in [5.41, 5.74) is 7.75. The minimum Gasteiger partial charge on any atom is -0.369 e. The molecule has 0 aromatic carbocycles. The Kier molecular flexibility index (Phi) is 4.14. The van der Waals surface area contributed by atoms with Crippen molar-refractivity contribution in [1.29, 1.82) is 0 Å². The molecule has 0 bridgehead atoms. The van der Waals surface area contributed by atoms with Gasteiger partial charge in [-0.2, -0.15) is 11.3 Å². The molecule has 6 heteroatoms. The predicted molar refractivity (Wildman–Crippen MR) is 81.7 cm³/mol. The molecule has 2 atom stereocenters. The first kappa shape index (κ1) is 13.7. The Labute approximate surface area is 126 Å². The van der Waals surface area contributed by atoms with Gasteiger partial charge in [0, 0.05) is 16.3 Å². The molecule has 3 heterocycles. The van der Waals surface area contributed by atoms with Gasteiger partial charge < -0.3 is 10.6 Å². The third kappa shape index (κ3) is 3.08. The second kappa shape index (κ2) is 6.03. The van der Waals surface area contributed by atoms with Crippen LogP contribution in [0.5, 0.6) is 0 Å². The molecule has 0 saturated carbocycles. The number of thiophene rings is 1. The fraction of sp³-hybridized carbons (Fsp3) is 0.429. The number of primary amides is 1. The van der Waals surface area contributed by atoms with E-state index in [1.54, 1.807) is 22.7 Å². The molecule has 1 unspecified atom stereocenters. The average molecular weight is 308 g/mol. The molecule has 1 fully saturated rings. The minimum absolute atomic E-state index is 0.0359. The Morgan fingerprint density at radius 2 is 2.40 bits per heavy atom. The molecule has 2 aromatic heterocycles. The lowest BCUT2D eigenvalue weighted by atomic mass is 9.97. The summed E-state index contributed by atoms with van der Waals surface area (Å²) >= 11 is 3.39. The number of nitrogens with two attached hydrogens (primary N) is 1. The number of carbonyl (C=O) groups excluding carboxylic acids is 1. The quantitative estimate of drug-likeness (QED) is 0.890. The van der Waals surface area contributed by atoms with Crippen molar-refractivity contribution in [2.75, 3.05) is 13.1 Å². The molecule has 3 N–H and O–H groups in total. The van der Waals surface area contributed by atoms with Crippen LogP contribution in [0.15, 0.2) is 22.2 Å². The van der Waals surface area contributed by atoms with Gasteiger partial charge in [-0.05, 0) is 24.3 Å². The second-order valence-corrected chi connectivity index (χ2v) is 6.92. The second-order valence-electron chi connectivity index (χ2n) is 5.28. The maximum absolute atomic E-state index is 11.3. The van der Waals surface area contributed by atoms with Crippen molar-refractivity contribution in [1.82, 2.24) is 4.98 Å². The number of rotatable bonds is 4. The van der Waals surface area contributed by atoms with Crippen molar-refractivity contribution in [2.24, 2.45) is 11.7 Å². The first-order valence-corrected chi connectivity index (χ1v) is 8.64. The topological polar surface area (TPSA) is 60.4 Å². The molecule has 1 saturated heterocycles. The van der Waals surface area contributed by atoms with E-state index in [1.807, 2.05) is 0 Å². The highest BCUT2D eigenvalue weighted by Gasteiger charge is 2.27. The van der Waals surface area contributed by atoms with Gasteiger partial charge in [-0.15, -0.1) is 11.3 Å². The first-order valence-electron chi connectivity index (χ1n) is 6.82. The van der Waals surface area contributed by atoms with Crippen LogP contribution in [0.3, 0.4) is 0 Å².